The van der Waals surface area contributed by atoms with Gasteiger partial charge in [-0.2, -0.15) is 0 Å². The quantitative estimate of drug-likeness (QED) is 0.720. The Balaban J connectivity index is 2.14. The van der Waals surface area contributed by atoms with Crippen LogP contribution in [0.4, 0.5) is 0 Å². The molecule has 1 saturated heterocycles. The van der Waals surface area contributed by atoms with Crippen molar-refractivity contribution in [2.45, 2.75) is 52.2 Å². The number of nitrogens with one attached hydrogen (secondary N) is 1. The van der Waals surface area contributed by atoms with E-state index in [2.05, 4.69) is 31.0 Å². The first-order chi connectivity index (χ1) is 7.72. The van der Waals surface area contributed by atoms with Crippen molar-refractivity contribution in [2.24, 2.45) is 0 Å². The third-order valence-corrected chi connectivity index (χ3v) is 3.16. The summed E-state index contributed by atoms with van der Waals surface area (Å²) in [5, 5.41) is 3.47. The third kappa shape index (κ3) is 5.83. The van der Waals surface area contributed by atoms with E-state index in [-0.39, 0.29) is 0 Å². The Hall–Kier alpha value is -0.120. The zero-order valence-electron chi connectivity index (χ0n) is 11.2. The van der Waals surface area contributed by atoms with E-state index in [0.29, 0.717) is 12.1 Å². The molecule has 1 fully saturated rings. The highest BCUT2D eigenvalue weighted by molar-refractivity contribution is 4.69. The van der Waals surface area contributed by atoms with Crippen molar-refractivity contribution in [3.63, 3.8) is 0 Å². The predicted molar refractivity (Wildman–Crippen MR) is 68.8 cm³/mol. The maximum Gasteiger partial charge on any atom is 0.0702 e. The van der Waals surface area contributed by atoms with Crippen LogP contribution in [-0.2, 0) is 4.74 Å². The van der Waals surface area contributed by atoms with Gasteiger partial charge in [-0.05, 0) is 25.8 Å². The van der Waals surface area contributed by atoms with E-state index in [1.165, 1.54) is 19.3 Å². The Morgan fingerprint density at radius 1 is 1.38 bits per heavy atom. The van der Waals surface area contributed by atoms with Crippen LogP contribution in [0.2, 0.25) is 0 Å². The topological polar surface area (TPSA) is 24.5 Å². The second kappa shape index (κ2) is 8.04. The van der Waals surface area contributed by atoms with Crippen LogP contribution in [-0.4, -0.2) is 49.8 Å². The third-order valence-electron chi connectivity index (χ3n) is 3.16. The lowest BCUT2D eigenvalue weighted by Gasteiger charge is -2.29. The van der Waals surface area contributed by atoms with E-state index in [4.69, 9.17) is 4.74 Å². The minimum Gasteiger partial charge on any atom is -0.377 e. The van der Waals surface area contributed by atoms with E-state index in [1.54, 1.807) is 0 Å². The van der Waals surface area contributed by atoms with Crippen molar-refractivity contribution in [3.8, 4) is 0 Å². The fraction of sp³-hybridized carbons (Fsp3) is 1.00. The van der Waals surface area contributed by atoms with Gasteiger partial charge >= 0.3 is 0 Å². The summed E-state index contributed by atoms with van der Waals surface area (Å²) in [4.78, 5) is 2.49. The molecule has 3 nitrogen and oxygen atoms in total. The van der Waals surface area contributed by atoms with E-state index >= 15 is 0 Å². The number of ether oxygens (including phenoxy) is 1. The molecule has 0 aromatic heterocycles. The van der Waals surface area contributed by atoms with E-state index < -0.39 is 0 Å². The molecule has 0 saturated carbocycles. The number of likely N-dealkylation sites (N-methyl/N-ethyl adjacent to an activating group) is 1. The highest BCUT2D eigenvalue weighted by Gasteiger charge is 2.16. The highest BCUT2D eigenvalue weighted by atomic mass is 16.5. The SMILES string of the molecule is CCN(CCNC(C)C)CC1CCCCO1. The standard InChI is InChI=1S/C13H28N2O/c1-4-15(9-8-14-12(2)3)11-13-7-5-6-10-16-13/h12-14H,4-11H2,1-3H3. The molecule has 1 N–H and O–H groups in total. The average Bonchev–Trinajstić information content (AvgIpc) is 2.28. The minimum absolute atomic E-state index is 0.479. The summed E-state index contributed by atoms with van der Waals surface area (Å²) >= 11 is 0. The lowest BCUT2D eigenvalue weighted by Crippen LogP contribution is -2.40. The molecular formula is C13H28N2O. The van der Waals surface area contributed by atoms with Gasteiger partial charge in [0.1, 0.15) is 0 Å². The van der Waals surface area contributed by atoms with Gasteiger partial charge in [-0.3, -0.25) is 4.90 Å². The van der Waals surface area contributed by atoms with Crippen LogP contribution >= 0.6 is 0 Å². The van der Waals surface area contributed by atoms with E-state index in [0.717, 1.165) is 32.8 Å². The van der Waals surface area contributed by atoms with Crippen molar-refractivity contribution in [1.29, 1.82) is 0 Å². The van der Waals surface area contributed by atoms with Gasteiger partial charge in [0.05, 0.1) is 6.10 Å². The number of rotatable bonds is 7. The molecular weight excluding hydrogens is 200 g/mol. The van der Waals surface area contributed by atoms with Crippen LogP contribution in [0.3, 0.4) is 0 Å². The van der Waals surface area contributed by atoms with Crippen molar-refractivity contribution >= 4 is 0 Å². The zero-order chi connectivity index (χ0) is 11.8. The molecule has 0 amide bonds. The maximum absolute atomic E-state index is 5.78. The first kappa shape index (κ1) is 13.9. The Kier molecular flexibility index (Phi) is 7.01. The molecule has 0 aliphatic carbocycles. The molecule has 1 rings (SSSR count). The van der Waals surface area contributed by atoms with Gasteiger partial charge in [0.25, 0.3) is 0 Å². The van der Waals surface area contributed by atoms with Crippen molar-refractivity contribution in [2.75, 3.05) is 32.8 Å². The Bertz CT molecular complexity index is 167. The van der Waals surface area contributed by atoms with Crippen LogP contribution < -0.4 is 5.32 Å². The van der Waals surface area contributed by atoms with E-state index in [9.17, 15) is 0 Å². The smallest absolute Gasteiger partial charge is 0.0702 e. The molecule has 1 aliphatic heterocycles. The van der Waals surface area contributed by atoms with Crippen molar-refractivity contribution in [1.82, 2.24) is 10.2 Å². The Morgan fingerprint density at radius 2 is 2.19 bits per heavy atom. The molecule has 16 heavy (non-hydrogen) atoms. The molecule has 96 valence electrons. The van der Waals surface area contributed by atoms with Crippen molar-refractivity contribution in [3.05, 3.63) is 0 Å². The maximum atomic E-state index is 5.78. The minimum atomic E-state index is 0.479. The monoisotopic (exact) mass is 228 g/mol. The van der Waals surface area contributed by atoms with Gasteiger partial charge < -0.3 is 10.1 Å². The fourth-order valence-corrected chi connectivity index (χ4v) is 2.13. The fourth-order valence-electron chi connectivity index (χ4n) is 2.13. The molecule has 0 spiro atoms. The molecule has 1 aliphatic rings. The van der Waals surface area contributed by atoms with Gasteiger partial charge in [0, 0.05) is 32.3 Å². The van der Waals surface area contributed by atoms with Crippen LogP contribution in [0.1, 0.15) is 40.0 Å². The largest absolute Gasteiger partial charge is 0.377 e. The molecule has 1 atom stereocenters. The molecule has 1 heterocycles. The van der Waals surface area contributed by atoms with E-state index in [1.807, 2.05) is 0 Å². The normalized spacial score (nSPS) is 21.9. The van der Waals surface area contributed by atoms with Gasteiger partial charge in [-0.25, -0.2) is 0 Å². The van der Waals surface area contributed by atoms with Crippen LogP contribution in [0, 0.1) is 0 Å². The summed E-state index contributed by atoms with van der Waals surface area (Å²) in [5.74, 6) is 0. The molecule has 1 unspecified atom stereocenters. The van der Waals surface area contributed by atoms with Crippen LogP contribution in [0.5, 0.6) is 0 Å². The van der Waals surface area contributed by atoms with Crippen molar-refractivity contribution < 1.29 is 4.74 Å². The first-order valence-electron chi connectivity index (χ1n) is 6.79. The molecule has 0 radical (unpaired) electrons. The second-order valence-electron chi connectivity index (χ2n) is 4.99. The summed E-state index contributed by atoms with van der Waals surface area (Å²) in [5.41, 5.74) is 0. The summed E-state index contributed by atoms with van der Waals surface area (Å²) < 4.78 is 5.78. The lowest BCUT2D eigenvalue weighted by atomic mass is 10.1. The summed E-state index contributed by atoms with van der Waals surface area (Å²) in [7, 11) is 0. The number of hydrogen-bond acceptors (Lipinski definition) is 3. The number of hydrogen-bond donors (Lipinski definition) is 1. The summed E-state index contributed by atoms with van der Waals surface area (Å²) in [6, 6.07) is 0.588. The molecule has 3 heteroatoms. The van der Waals surface area contributed by atoms with Gasteiger partial charge in [0.15, 0.2) is 0 Å². The Labute approximate surface area is 101 Å². The van der Waals surface area contributed by atoms with Crippen LogP contribution in [0.25, 0.3) is 0 Å². The summed E-state index contributed by atoms with van der Waals surface area (Å²) in [6.45, 7) is 12.0. The predicted octanol–water partition coefficient (Wildman–Crippen LogP) is 1.88. The zero-order valence-corrected chi connectivity index (χ0v) is 11.2. The van der Waals surface area contributed by atoms with Gasteiger partial charge in [-0.15, -0.1) is 0 Å². The lowest BCUT2D eigenvalue weighted by molar-refractivity contribution is -0.00467. The second-order valence-corrected chi connectivity index (χ2v) is 4.99. The average molecular weight is 228 g/mol. The van der Waals surface area contributed by atoms with Crippen LogP contribution in [0.15, 0.2) is 0 Å². The molecule has 0 aromatic rings. The van der Waals surface area contributed by atoms with Gasteiger partial charge in [-0.1, -0.05) is 20.8 Å². The molecule has 0 bridgehead atoms. The van der Waals surface area contributed by atoms with Gasteiger partial charge in [0.2, 0.25) is 0 Å². The Morgan fingerprint density at radius 3 is 2.75 bits per heavy atom. The highest BCUT2D eigenvalue weighted by Crippen LogP contribution is 2.13. The summed E-state index contributed by atoms with van der Waals surface area (Å²) in [6.07, 6.45) is 4.31. The number of nitrogens with zero attached hydrogens (tertiary/aromatic N) is 1. The first-order valence-corrected chi connectivity index (χ1v) is 6.79. The molecule has 0 aromatic carbocycles.